The number of hydrogen-bond acceptors (Lipinski definition) is 3. The van der Waals surface area contributed by atoms with E-state index in [1.54, 1.807) is 0 Å². The van der Waals surface area contributed by atoms with Gasteiger partial charge in [0.05, 0.1) is 5.41 Å². The molecule has 1 aliphatic carbocycles. The first kappa shape index (κ1) is 14.0. The normalized spacial score (nSPS) is 19.0. The monoisotopic (exact) mass is 265 g/mol. The maximum absolute atomic E-state index is 11.8. The Morgan fingerprint density at radius 2 is 2.05 bits per heavy atom. The molecule has 2 rings (SSSR count). The first-order chi connectivity index (χ1) is 9.18. The van der Waals surface area contributed by atoms with E-state index in [1.165, 1.54) is 6.33 Å². The Labute approximate surface area is 114 Å². The third-order valence-corrected chi connectivity index (χ3v) is 4.14. The summed E-state index contributed by atoms with van der Waals surface area (Å²) in [6.07, 6.45) is 8.88. The Balaban J connectivity index is 2.20. The maximum Gasteiger partial charge on any atom is 0.310 e. The van der Waals surface area contributed by atoms with Gasteiger partial charge in [-0.25, -0.2) is 4.98 Å². The molecule has 0 radical (unpaired) electrons. The van der Waals surface area contributed by atoms with Crippen molar-refractivity contribution < 1.29 is 9.90 Å². The molecule has 0 spiro atoms. The third kappa shape index (κ3) is 3.14. The Bertz CT molecular complexity index is 420. The van der Waals surface area contributed by atoms with Crippen molar-refractivity contribution in [2.45, 2.75) is 64.8 Å². The summed E-state index contributed by atoms with van der Waals surface area (Å²) >= 11 is 0. The van der Waals surface area contributed by atoms with Crippen LogP contribution >= 0.6 is 0 Å². The molecule has 1 aliphatic rings. The first-order valence-electron chi connectivity index (χ1n) is 7.28. The molecule has 0 aliphatic heterocycles. The van der Waals surface area contributed by atoms with E-state index in [9.17, 15) is 9.90 Å². The van der Waals surface area contributed by atoms with Gasteiger partial charge in [-0.3, -0.25) is 9.48 Å². The fourth-order valence-corrected chi connectivity index (χ4v) is 3.00. The van der Waals surface area contributed by atoms with Crippen LogP contribution in [0.4, 0.5) is 0 Å². The molecule has 5 nitrogen and oxygen atoms in total. The number of aromatic nitrogens is 3. The summed E-state index contributed by atoms with van der Waals surface area (Å²) in [5.41, 5.74) is -0.630. The molecule has 0 atom stereocenters. The molecule has 19 heavy (non-hydrogen) atoms. The quantitative estimate of drug-likeness (QED) is 0.831. The lowest BCUT2D eigenvalue weighted by molar-refractivity contribution is -0.150. The number of carbonyl (C=O) groups is 1. The molecule has 5 heteroatoms. The molecular formula is C14H23N3O2. The third-order valence-electron chi connectivity index (χ3n) is 4.14. The minimum Gasteiger partial charge on any atom is -0.481 e. The van der Waals surface area contributed by atoms with Gasteiger partial charge < -0.3 is 5.11 Å². The maximum atomic E-state index is 11.8. The molecule has 0 bridgehead atoms. The van der Waals surface area contributed by atoms with Gasteiger partial charge in [-0.2, -0.15) is 5.10 Å². The van der Waals surface area contributed by atoms with E-state index >= 15 is 0 Å². The number of carboxylic acids is 1. The average molecular weight is 265 g/mol. The van der Waals surface area contributed by atoms with Crippen molar-refractivity contribution in [3.05, 3.63) is 12.2 Å². The fraction of sp³-hybridized carbons (Fsp3) is 0.786. The summed E-state index contributed by atoms with van der Waals surface area (Å²) in [4.78, 5) is 16.0. The van der Waals surface area contributed by atoms with Gasteiger partial charge in [0.25, 0.3) is 0 Å². The summed E-state index contributed by atoms with van der Waals surface area (Å²) in [5, 5.41) is 13.9. The second-order valence-electron chi connectivity index (χ2n) is 5.58. The van der Waals surface area contributed by atoms with Gasteiger partial charge in [-0.05, 0) is 19.3 Å². The molecule has 1 saturated carbocycles. The average Bonchev–Trinajstić information content (AvgIpc) is 2.66. The zero-order chi connectivity index (χ0) is 13.7. The van der Waals surface area contributed by atoms with Crippen LogP contribution in [0.15, 0.2) is 6.33 Å². The van der Waals surface area contributed by atoms with E-state index in [-0.39, 0.29) is 0 Å². The number of aryl methyl sites for hydroxylation is 1. The fourth-order valence-electron chi connectivity index (χ4n) is 3.00. The van der Waals surface area contributed by atoms with Crippen molar-refractivity contribution in [3.8, 4) is 0 Å². The number of hydrogen-bond donors (Lipinski definition) is 1. The van der Waals surface area contributed by atoms with Gasteiger partial charge in [0.1, 0.15) is 12.2 Å². The second kappa shape index (κ2) is 6.17. The first-order valence-corrected chi connectivity index (χ1v) is 7.28. The minimum absolute atomic E-state index is 0.516. The highest BCUT2D eigenvalue weighted by atomic mass is 16.4. The van der Waals surface area contributed by atoms with Crippen molar-refractivity contribution in [2.75, 3.05) is 0 Å². The SMILES string of the molecule is CCCn1ncnc1CC1(C(=O)O)CCCCCC1. The van der Waals surface area contributed by atoms with Crippen molar-refractivity contribution in [1.82, 2.24) is 14.8 Å². The topological polar surface area (TPSA) is 68.0 Å². The molecular weight excluding hydrogens is 242 g/mol. The lowest BCUT2D eigenvalue weighted by Gasteiger charge is -2.27. The molecule has 0 aromatic carbocycles. The standard InChI is InChI=1S/C14H23N3O2/c1-2-9-17-12(15-11-16-17)10-14(13(18)19)7-5-3-4-6-8-14/h11H,2-10H2,1H3,(H,18,19). The molecule has 106 valence electrons. The van der Waals surface area contributed by atoms with Crippen molar-refractivity contribution in [1.29, 1.82) is 0 Å². The van der Waals surface area contributed by atoms with Crippen molar-refractivity contribution in [2.24, 2.45) is 5.41 Å². The van der Waals surface area contributed by atoms with E-state index in [0.717, 1.165) is 57.3 Å². The van der Waals surface area contributed by atoms with Crippen LogP contribution in [0.25, 0.3) is 0 Å². The zero-order valence-corrected chi connectivity index (χ0v) is 11.6. The minimum atomic E-state index is -0.666. The van der Waals surface area contributed by atoms with Crippen LogP contribution in [0.3, 0.4) is 0 Å². The molecule has 1 N–H and O–H groups in total. The molecule has 1 aromatic heterocycles. The van der Waals surface area contributed by atoms with Gasteiger partial charge in [0, 0.05) is 13.0 Å². The molecule has 0 amide bonds. The molecule has 1 heterocycles. The van der Waals surface area contributed by atoms with Crippen molar-refractivity contribution >= 4 is 5.97 Å². The lowest BCUT2D eigenvalue weighted by atomic mass is 9.77. The Kier molecular flexibility index (Phi) is 4.56. The number of carboxylic acid groups (broad SMARTS) is 1. The molecule has 1 aromatic rings. The highest BCUT2D eigenvalue weighted by molar-refractivity contribution is 5.75. The summed E-state index contributed by atoms with van der Waals surface area (Å²) in [6, 6.07) is 0. The van der Waals surface area contributed by atoms with E-state index < -0.39 is 11.4 Å². The smallest absolute Gasteiger partial charge is 0.310 e. The largest absolute Gasteiger partial charge is 0.481 e. The number of rotatable bonds is 5. The lowest BCUT2D eigenvalue weighted by Crippen LogP contribution is -2.34. The van der Waals surface area contributed by atoms with Crippen LogP contribution in [0.1, 0.15) is 57.7 Å². The highest BCUT2D eigenvalue weighted by Crippen LogP contribution is 2.38. The van der Waals surface area contributed by atoms with Gasteiger partial charge in [0.2, 0.25) is 0 Å². The van der Waals surface area contributed by atoms with Crippen LogP contribution in [0.5, 0.6) is 0 Å². The van der Waals surface area contributed by atoms with Crippen LogP contribution in [-0.2, 0) is 17.8 Å². The Morgan fingerprint density at radius 1 is 1.37 bits per heavy atom. The second-order valence-corrected chi connectivity index (χ2v) is 5.58. The van der Waals surface area contributed by atoms with Crippen LogP contribution < -0.4 is 0 Å². The Morgan fingerprint density at radius 3 is 2.63 bits per heavy atom. The van der Waals surface area contributed by atoms with Crippen LogP contribution in [0, 0.1) is 5.41 Å². The van der Waals surface area contributed by atoms with Gasteiger partial charge in [0.15, 0.2) is 0 Å². The summed E-state index contributed by atoms with van der Waals surface area (Å²) in [5.74, 6) is 0.159. The molecule has 0 unspecified atom stereocenters. The van der Waals surface area contributed by atoms with E-state index in [2.05, 4.69) is 17.0 Å². The predicted molar refractivity (Wildman–Crippen MR) is 71.8 cm³/mol. The van der Waals surface area contributed by atoms with Crippen LogP contribution in [-0.4, -0.2) is 25.8 Å². The van der Waals surface area contributed by atoms with E-state index in [4.69, 9.17) is 0 Å². The predicted octanol–water partition coefficient (Wildman–Crippen LogP) is 2.66. The Hall–Kier alpha value is -1.39. The molecule has 1 fully saturated rings. The summed E-state index contributed by atoms with van der Waals surface area (Å²) in [6.45, 7) is 2.90. The molecule has 0 saturated heterocycles. The van der Waals surface area contributed by atoms with Gasteiger partial charge in [-0.15, -0.1) is 0 Å². The van der Waals surface area contributed by atoms with E-state index in [1.807, 2.05) is 4.68 Å². The number of nitrogens with zero attached hydrogens (tertiary/aromatic N) is 3. The zero-order valence-electron chi connectivity index (χ0n) is 11.6. The van der Waals surface area contributed by atoms with E-state index in [0.29, 0.717) is 6.42 Å². The highest BCUT2D eigenvalue weighted by Gasteiger charge is 2.39. The summed E-state index contributed by atoms with van der Waals surface area (Å²) < 4.78 is 1.86. The van der Waals surface area contributed by atoms with Gasteiger partial charge in [-0.1, -0.05) is 32.6 Å². The summed E-state index contributed by atoms with van der Waals surface area (Å²) in [7, 11) is 0. The van der Waals surface area contributed by atoms with Crippen molar-refractivity contribution in [3.63, 3.8) is 0 Å². The van der Waals surface area contributed by atoms with Gasteiger partial charge >= 0.3 is 5.97 Å². The number of aliphatic carboxylic acids is 1. The van der Waals surface area contributed by atoms with Crippen LogP contribution in [0.2, 0.25) is 0 Å².